The summed E-state index contributed by atoms with van der Waals surface area (Å²) in [6.45, 7) is 19.0. The van der Waals surface area contributed by atoms with Gasteiger partial charge in [-0.1, -0.05) is 0 Å². The average molecular weight is 200 g/mol. The Kier molecular flexibility index (Phi) is 622. The number of rotatable bonds is 0. The van der Waals surface area contributed by atoms with Gasteiger partial charge in [-0.15, -0.1) is 0 Å². The summed E-state index contributed by atoms with van der Waals surface area (Å²) in [6, 6.07) is 0. The van der Waals surface area contributed by atoms with Crippen LogP contribution in [0.4, 0.5) is 0 Å². The molecule has 0 spiro atoms. The maximum Gasteiger partial charge on any atom is 4.00 e. The molecule has 9 heavy (non-hydrogen) atoms. The second-order valence-corrected chi connectivity index (χ2v) is 0. The Morgan fingerprint density at radius 3 is 0.444 bits per heavy atom. The van der Waals surface area contributed by atoms with Crippen LogP contribution in [0.2, 0.25) is 0 Å². The first-order chi connectivity index (χ1) is 4.00. The summed E-state index contributed by atoms with van der Waals surface area (Å²) in [6.07, 6.45) is 0. The Morgan fingerprint density at radius 1 is 0.444 bits per heavy atom. The molecule has 5 heteroatoms. The first kappa shape index (κ1) is 48.2. The minimum Gasteiger partial charge on any atom is -0.512 e. The first-order valence-electron chi connectivity index (χ1n) is 0.894. The van der Waals surface area contributed by atoms with Gasteiger partial charge in [0, 0.05) is 0 Å². The zero-order valence-corrected chi connectivity index (χ0v) is 6.20. The van der Waals surface area contributed by atoms with Gasteiger partial charge in [0.2, 0.25) is 0 Å². The fourth-order valence-electron chi connectivity index (χ4n) is 0. The smallest absolute Gasteiger partial charge is 0.512 e. The minimum absolute atomic E-state index is 0. The van der Waals surface area contributed by atoms with Crippen LogP contribution in [0.25, 0.3) is 0 Å². The van der Waals surface area contributed by atoms with Gasteiger partial charge >= 0.3 is 21.1 Å². The summed E-state index contributed by atoms with van der Waals surface area (Å²) in [5.74, 6) is 0. The number of hydrogen-bond donors (Lipinski definition) is 0. The van der Waals surface area contributed by atoms with E-state index in [4.69, 9.17) is 47.3 Å². The van der Waals surface area contributed by atoms with Crippen LogP contribution in [0, 0.1) is 47.3 Å². The predicted molar refractivity (Wildman–Crippen MR) is 19.9 cm³/mol. The van der Waals surface area contributed by atoms with Crippen LogP contribution >= 0.6 is 0 Å². The maximum atomic E-state index is 6.25. The van der Waals surface area contributed by atoms with E-state index in [2.05, 4.69) is 0 Å². The molecule has 0 aliphatic carbocycles. The van der Waals surface area contributed by atoms with Crippen molar-refractivity contribution in [1.29, 1.82) is 21.0 Å². The molecule has 4 nitrogen and oxygen atoms in total. The Labute approximate surface area is 68.8 Å². The summed E-state index contributed by atoms with van der Waals surface area (Å²) in [5, 5.41) is 25.0. The van der Waals surface area contributed by atoms with Crippen LogP contribution in [-0.4, -0.2) is 0 Å². The third-order valence-electron chi connectivity index (χ3n) is 0. The van der Waals surface area contributed by atoms with Gasteiger partial charge in [0.15, 0.2) is 0 Å². The zero-order chi connectivity index (χ0) is 8.00. The van der Waals surface area contributed by atoms with E-state index in [1.807, 2.05) is 0 Å². The van der Waals surface area contributed by atoms with Crippen molar-refractivity contribution in [3.63, 3.8) is 0 Å². The Morgan fingerprint density at radius 2 is 0.444 bits per heavy atom. The molecule has 0 rings (SSSR count). The molecule has 0 unspecified atom stereocenters. The number of nitrogens with zero attached hydrogens (tertiary/aromatic N) is 4. The van der Waals surface area contributed by atoms with Crippen molar-refractivity contribution >= 4 is 0 Å². The molecule has 0 saturated carbocycles. The van der Waals surface area contributed by atoms with E-state index in [9.17, 15) is 0 Å². The van der Waals surface area contributed by atoms with Gasteiger partial charge in [-0.2, -0.15) is 0 Å². The van der Waals surface area contributed by atoms with Crippen LogP contribution < -0.4 is 0 Å². The fourth-order valence-corrected chi connectivity index (χ4v) is 0. The van der Waals surface area contributed by atoms with Crippen LogP contribution in [0.1, 0.15) is 0 Å². The molecule has 0 fully saturated rings. The third-order valence-corrected chi connectivity index (χ3v) is 0. The van der Waals surface area contributed by atoms with E-state index in [1.165, 1.54) is 0 Å². The van der Waals surface area contributed by atoms with E-state index in [0.29, 0.717) is 0 Å². The van der Waals surface area contributed by atoms with Gasteiger partial charge in [-0.05, 0) is 0 Å². The predicted octanol–water partition coefficient (Wildman–Crippen LogP) is 0.383. The monoisotopic (exact) mass is 202 g/mol. The molecule has 0 atom stereocenters. The molecule has 0 N–H and O–H groups in total. The second kappa shape index (κ2) is 116. The van der Waals surface area contributed by atoms with E-state index in [-0.39, 0.29) is 21.1 Å². The third kappa shape index (κ3) is 78.6. The SMILES string of the molecule is [C-]#N.[C-]#N.[C-]#N.[C-]#N.[Mo+4]. The van der Waals surface area contributed by atoms with Crippen molar-refractivity contribution in [2.45, 2.75) is 0 Å². The van der Waals surface area contributed by atoms with Gasteiger partial charge in [0.1, 0.15) is 0 Å². The van der Waals surface area contributed by atoms with Crippen molar-refractivity contribution < 1.29 is 21.1 Å². The molecular weight excluding hydrogens is 200 g/mol. The van der Waals surface area contributed by atoms with E-state index < -0.39 is 0 Å². The molecule has 42 valence electrons. The first-order valence-corrected chi connectivity index (χ1v) is 0.894. The Hall–Kier alpha value is -1.35. The summed E-state index contributed by atoms with van der Waals surface area (Å²) < 4.78 is 0. The molecule has 0 amide bonds. The summed E-state index contributed by atoms with van der Waals surface area (Å²) in [5.41, 5.74) is 0. The largest absolute Gasteiger partial charge is 4.00 e. The summed E-state index contributed by atoms with van der Waals surface area (Å²) in [4.78, 5) is 0. The van der Waals surface area contributed by atoms with Crippen LogP contribution in [-0.2, 0) is 21.1 Å². The fraction of sp³-hybridized carbons (Fsp3) is 0. The molecule has 0 saturated heterocycles. The van der Waals surface area contributed by atoms with Gasteiger partial charge in [-0.3, -0.25) is 0 Å². The van der Waals surface area contributed by atoms with Crippen LogP contribution in [0.15, 0.2) is 0 Å². The summed E-state index contributed by atoms with van der Waals surface area (Å²) in [7, 11) is 0. The van der Waals surface area contributed by atoms with E-state index in [0.717, 1.165) is 0 Å². The van der Waals surface area contributed by atoms with Crippen LogP contribution in [0.3, 0.4) is 0 Å². The minimum atomic E-state index is 0. The van der Waals surface area contributed by atoms with Crippen molar-refractivity contribution in [3.8, 4) is 0 Å². The van der Waals surface area contributed by atoms with Gasteiger partial charge in [-0.25, -0.2) is 0 Å². The Bertz CT molecular complexity index is 55.5. The standard InChI is InChI=1S/4CN.Mo/c4*1-2;/q4*-1;+4. The van der Waals surface area contributed by atoms with Crippen molar-refractivity contribution in [2.75, 3.05) is 0 Å². The van der Waals surface area contributed by atoms with Gasteiger partial charge in [0.25, 0.3) is 0 Å². The molecule has 0 aliphatic heterocycles. The maximum absolute atomic E-state index is 6.25. The van der Waals surface area contributed by atoms with Crippen LogP contribution in [0.5, 0.6) is 0 Å². The molecule has 0 bridgehead atoms. The van der Waals surface area contributed by atoms with Crippen molar-refractivity contribution in [2.24, 2.45) is 0 Å². The Balaban J connectivity index is -0.00000000762. The van der Waals surface area contributed by atoms with Crippen molar-refractivity contribution in [1.82, 2.24) is 0 Å². The quantitative estimate of drug-likeness (QED) is 0.417. The topological polar surface area (TPSA) is 95.2 Å². The second-order valence-electron chi connectivity index (χ2n) is 0. The summed E-state index contributed by atoms with van der Waals surface area (Å²) >= 11 is 0. The number of hydrogen-bond acceptors (Lipinski definition) is 4. The molecule has 0 radical (unpaired) electrons. The van der Waals surface area contributed by atoms with Gasteiger partial charge < -0.3 is 47.3 Å². The molecule has 0 aromatic carbocycles. The van der Waals surface area contributed by atoms with E-state index in [1.54, 1.807) is 0 Å². The molecule has 0 heterocycles. The molecule has 0 aliphatic rings. The van der Waals surface area contributed by atoms with E-state index >= 15 is 0 Å². The molecular formula is C4MoN4. The average Bonchev–Trinajstić information content (AvgIpc) is 2.03. The van der Waals surface area contributed by atoms with Crippen molar-refractivity contribution in [3.05, 3.63) is 26.3 Å². The molecule has 0 aromatic rings. The van der Waals surface area contributed by atoms with Gasteiger partial charge in [0.05, 0.1) is 0 Å². The molecule has 0 aromatic heterocycles. The zero-order valence-electron chi connectivity index (χ0n) is 4.20. The normalized spacial score (nSPS) is 0.889.